The molecule has 0 fully saturated rings. The van der Waals surface area contributed by atoms with Crippen LogP contribution in [0.1, 0.15) is 0 Å². The standard InChI is InChI=1S/3H2O.Re/h3*1H2;. The van der Waals surface area contributed by atoms with E-state index < -0.39 is 0 Å². The number of rotatable bonds is 0. The summed E-state index contributed by atoms with van der Waals surface area (Å²) in [4.78, 5) is 0. The molecule has 0 unspecified atom stereocenters. The van der Waals surface area contributed by atoms with Gasteiger partial charge in [-0.2, -0.15) is 0 Å². The third kappa shape index (κ3) is 20.6. The molecule has 0 aliphatic rings. The average Bonchev–Trinajstić information content (AvgIpc) is 0. The average molecular weight is 240 g/mol. The molecule has 0 aromatic carbocycles. The normalized spacial score (nSPS) is 0. The van der Waals surface area contributed by atoms with Crippen molar-refractivity contribution < 1.29 is 36.9 Å². The van der Waals surface area contributed by atoms with Crippen molar-refractivity contribution in [2.75, 3.05) is 0 Å². The smallest absolute Gasteiger partial charge is 0 e. The van der Waals surface area contributed by atoms with Crippen LogP contribution in [0, 0.1) is 0 Å². The first kappa shape index (κ1) is 194. The van der Waals surface area contributed by atoms with E-state index in [9.17, 15) is 0 Å². The second kappa shape index (κ2) is 77.8. The SMILES string of the molecule is O.O.O.[Re]. The molecule has 3 nitrogen and oxygen atoms in total. The van der Waals surface area contributed by atoms with E-state index in [1.165, 1.54) is 0 Å². The Kier molecular flexibility index (Phi) is 3770. The molecule has 0 amide bonds. The zero-order chi connectivity index (χ0) is 0. The summed E-state index contributed by atoms with van der Waals surface area (Å²) in [5, 5.41) is 0. The molecule has 0 aromatic rings. The Morgan fingerprint density at radius 2 is 0.500 bits per heavy atom. The third-order valence-electron chi connectivity index (χ3n) is 0. The molecule has 0 aliphatic heterocycles. The molecule has 0 spiro atoms. The first-order valence-corrected chi connectivity index (χ1v) is 0. The summed E-state index contributed by atoms with van der Waals surface area (Å²) in [6, 6.07) is 0. The number of hydrogen-bond donors (Lipinski definition) is 0. The largest absolute Gasteiger partial charge is 0.412 e. The Morgan fingerprint density at radius 1 is 0.500 bits per heavy atom. The van der Waals surface area contributed by atoms with Crippen LogP contribution in [0.4, 0.5) is 0 Å². The van der Waals surface area contributed by atoms with E-state index in [1.807, 2.05) is 0 Å². The summed E-state index contributed by atoms with van der Waals surface area (Å²) in [5.41, 5.74) is 0. The predicted octanol–water partition coefficient (Wildman–Crippen LogP) is -2.48. The van der Waals surface area contributed by atoms with Gasteiger partial charge in [0.05, 0.1) is 0 Å². The molecule has 4 heavy (non-hydrogen) atoms. The zero-order valence-electron chi connectivity index (χ0n) is 1.88. The van der Waals surface area contributed by atoms with Crippen molar-refractivity contribution in [2.45, 2.75) is 0 Å². The molecular weight excluding hydrogens is 234 g/mol. The van der Waals surface area contributed by atoms with E-state index >= 15 is 0 Å². The van der Waals surface area contributed by atoms with Crippen LogP contribution in [0.2, 0.25) is 0 Å². The Morgan fingerprint density at radius 3 is 0.500 bits per heavy atom. The van der Waals surface area contributed by atoms with Crippen LogP contribution in [0.3, 0.4) is 0 Å². The van der Waals surface area contributed by atoms with Gasteiger partial charge in [-0.15, -0.1) is 0 Å². The predicted molar refractivity (Wildman–Crippen MR) is 10.8 cm³/mol. The van der Waals surface area contributed by atoms with Crippen LogP contribution in [0.15, 0.2) is 0 Å². The van der Waals surface area contributed by atoms with Gasteiger partial charge in [-0.05, 0) is 0 Å². The molecule has 0 atom stereocenters. The maximum absolute atomic E-state index is 0. The molecule has 0 aliphatic carbocycles. The quantitative estimate of drug-likeness (QED) is 0.448. The van der Waals surface area contributed by atoms with Crippen LogP contribution in [-0.2, 0) is 20.4 Å². The van der Waals surface area contributed by atoms with E-state index in [-0.39, 0.29) is 36.9 Å². The van der Waals surface area contributed by atoms with Gasteiger partial charge in [0, 0.05) is 20.4 Å². The van der Waals surface area contributed by atoms with Gasteiger partial charge in [0.25, 0.3) is 0 Å². The van der Waals surface area contributed by atoms with Gasteiger partial charge in [0.2, 0.25) is 0 Å². The Balaban J connectivity index is 0. The summed E-state index contributed by atoms with van der Waals surface area (Å²) in [6.07, 6.45) is 0. The molecular formula is H6O3Re. The summed E-state index contributed by atoms with van der Waals surface area (Å²) in [6.45, 7) is 0. The Bertz CT molecular complexity index is 3.25. The first-order valence-electron chi connectivity index (χ1n) is 0. The fraction of sp³-hybridized carbons (Fsp3) is 0. The zero-order valence-corrected chi connectivity index (χ0v) is 4.59. The maximum Gasteiger partial charge on any atom is 0 e. The monoisotopic (exact) mass is 241 g/mol. The second-order valence-electron chi connectivity index (χ2n) is 0. The Labute approximate surface area is 37.6 Å². The second-order valence-corrected chi connectivity index (χ2v) is 0. The van der Waals surface area contributed by atoms with Gasteiger partial charge in [-0.3, -0.25) is 0 Å². The van der Waals surface area contributed by atoms with Crippen molar-refractivity contribution in [3.05, 3.63) is 0 Å². The molecule has 1 radical (unpaired) electrons. The van der Waals surface area contributed by atoms with E-state index in [2.05, 4.69) is 0 Å². The van der Waals surface area contributed by atoms with E-state index in [1.54, 1.807) is 0 Å². The number of hydrogen-bond acceptors (Lipinski definition) is 0. The van der Waals surface area contributed by atoms with Crippen molar-refractivity contribution in [2.24, 2.45) is 0 Å². The van der Waals surface area contributed by atoms with Crippen LogP contribution >= 0.6 is 0 Å². The fourth-order valence-electron chi connectivity index (χ4n) is 0. The van der Waals surface area contributed by atoms with E-state index in [0.717, 1.165) is 0 Å². The fourth-order valence-corrected chi connectivity index (χ4v) is 0. The van der Waals surface area contributed by atoms with E-state index in [0.29, 0.717) is 0 Å². The van der Waals surface area contributed by atoms with Crippen LogP contribution in [0.25, 0.3) is 0 Å². The summed E-state index contributed by atoms with van der Waals surface area (Å²) < 4.78 is 0. The third-order valence-corrected chi connectivity index (χ3v) is 0. The van der Waals surface area contributed by atoms with Gasteiger partial charge in [-0.25, -0.2) is 0 Å². The summed E-state index contributed by atoms with van der Waals surface area (Å²) >= 11 is 0. The molecule has 0 saturated carbocycles. The molecule has 31 valence electrons. The minimum Gasteiger partial charge on any atom is -0.412 e. The van der Waals surface area contributed by atoms with Gasteiger partial charge in [-0.1, -0.05) is 0 Å². The van der Waals surface area contributed by atoms with Gasteiger partial charge >= 0.3 is 0 Å². The first-order chi connectivity index (χ1) is 0. The molecule has 6 N–H and O–H groups in total. The molecule has 4 heteroatoms. The maximum atomic E-state index is 0. The van der Waals surface area contributed by atoms with Crippen molar-refractivity contribution in [3.63, 3.8) is 0 Å². The van der Waals surface area contributed by atoms with Gasteiger partial charge in [0.15, 0.2) is 0 Å². The molecule has 0 heterocycles. The minimum atomic E-state index is 0. The van der Waals surface area contributed by atoms with Gasteiger partial charge < -0.3 is 16.4 Å². The molecule has 0 bridgehead atoms. The van der Waals surface area contributed by atoms with Crippen molar-refractivity contribution in [1.29, 1.82) is 0 Å². The van der Waals surface area contributed by atoms with Crippen molar-refractivity contribution in [3.8, 4) is 0 Å². The van der Waals surface area contributed by atoms with Crippen LogP contribution in [-0.4, -0.2) is 16.4 Å². The van der Waals surface area contributed by atoms with Crippen molar-refractivity contribution >= 4 is 0 Å². The van der Waals surface area contributed by atoms with Crippen LogP contribution in [0.5, 0.6) is 0 Å². The molecule has 0 aromatic heterocycles. The van der Waals surface area contributed by atoms with Crippen LogP contribution < -0.4 is 0 Å². The minimum absolute atomic E-state index is 0. The van der Waals surface area contributed by atoms with Gasteiger partial charge in [0.1, 0.15) is 0 Å². The molecule has 0 saturated heterocycles. The van der Waals surface area contributed by atoms with E-state index in [4.69, 9.17) is 0 Å². The topological polar surface area (TPSA) is 94.5 Å². The molecule has 0 rings (SSSR count). The summed E-state index contributed by atoms with van der Waals surface area (Å²) in [5.74, 6) is 0. The Hall–Kier alpha value is 0.542. The van der Waals surface area contributed by atoms with Crippen molar-refractivity contribution in [1.82, 2.24) is 0 Å². The summed E-state index contributed by atoms with van der Waals surface area (Å²) in [7, 11) is 0.